The molecule has 0 amide bonds. The molecule has 1 aliphatic heterocycles. The lowest BCUT2D eigenvalue weighted by Gasteiger charge is -2.24. The fourth-order valence-corrected chi connectivity index (χ4v) is 2.11. The van der Waals surface area contributed by atoms with Crippen LogP contribution in [0.5, 0.6) is 0 Å². The van der Waals surface area contributed by atoms with Crippen LogP contribution in [-0.4, -0.2) is 26.2 Å². The van der Waals surface area contributed by atoms with Crippen molar-refractivity contribution in [3.05, 3.63) is 11.6 Å². The predicted molar refractivity (Wildman–Crippen MR) is 46.5 cm³/mol. The quantitative estimate of drug-likeness (QED) is 0.535. The molecule has 1 saturated heterocycles. The highest BCUT2D eigenvalue weighted by molar-refractivity contribution is 5.18. The number of nitrogens with one attached hydrogen (secondary N) is 2. The van der Waals surface area contributed by atoms with Crippen LogP contribution in [0.3, 0.4) is 0 Å². The van der Waals surface area contributed by atoms with Crippen LogP contribution in [0.25, 0.3) is 0 Å². The predicted octanol–water partition coefficient (Wildman–Crippen LogP) is 0.514. The summed E-state index contributed by atoms with van der Waals surface area (Å²) in [6, 6.07) is 0.726. The van der Waals surface area contributed by atoms with E-state index in [1.54, 1.807) is 5.57 Å². The zero-order chi connectivity index (χ0) is 7.68. The molecule has 2 aliphatic rings. The van der Waals surface area contributed by atoms with Crippen molar-refractivity contribution >= 4 is 0 Å². The number of hydrogen-bond donors (Lipinski definition) is 2. The smallest absolute Gasteiger partial charge is 0.0168 e. The van der Waals surface area contributed by atoms with Gasteiger partial charge in [-0.2, -0.15) is 0 Å². The first-order valence-corrected chi connectivity index (χ1v) is 4.47. The highest BCUT2D eigenvalue weighted by Crippen LogP contribution is 2.27. The molecule has 2 N–H and O–H groups in total. The molecule has 0 spiro atoms. The van der Waals surface area contributed by atoms with Crippen molar-refractivity contribution in [1.29, 1.82) is 0 Å². The van der Waals surface area contributed by atoms with Crippen molar-refractivity contribution < 1.29 is 0 Å². The van der Waals surface area contributed by atoms with Gasteiger partial charge in [0.15, 0.2) is 0 Å². The third-order valence-electron chi connectivity index (χ3n) is 2.89. The van der Waals surface area contributed by atoms with E-state index in [1.165, 1.54) is 19.4 Å². The van der Waals surface area contributed by atoms with Crippen LogP contribution in [-0.2, 0) is 0 Å². The molecule has 11 heavy (non-hydrogen) atoms. The molecular weight excluding hydrogens is 136 g/mol. The Hall–Kier alpha value is -0.340. The van der Waals surface area contributed by atoms with Crippen molar-refractivity contribution in [3.8, 4) is 0 Å². The van der Waals surface area contributed by atoms with E-state index in [2.05, 4.69) is 23.8 Å². The summed E-state index contributed by atoms with van der Waals surface area (Å²) in [6.07, 6.45) is 4.97. The largest absolute Gasteiger partial charge is 0.317 e. The minimum atomic E-state index is 0.726. The molecule has 0 bridgehead atoms. The Balaban J connectivity index is 2.04. The van der Waals surface area contributed by atoms with E-state index in [-0.39, 0.29) is 0 Å². The normalized spacial score (nSPS) is 36.6. The van der Waals surface area contributed by atoms with E-state index in [4.69, 9.17) is 0 Å². The van der Waals surface area contributed by atoms with Gasteiger partial charge in [-0.05, 0) is 25.8 Å². The molecule has 1 aliphatic carbocycles. The van der Waals surface area contributed by atoms with Crippen LogP contribution in [0, 0.1) is 5.92 Å². The number of fused-ring (bicyclic) bond motifs is 1. The van der Waals surface area contributed by atoms with Gasteiger partial charge < -0.3 is 10.6 Å². The summed E-state index contributed by atoms with van der Waals surface area (Å²) in [5.41, 5.74) is 1.65. The zero-order valence-corrected chi connectivity index (χ0v) is 7.06. The second-order valence-electron chi connectivity index (χ2n) is 3.56. The Morgan fingerprint density at radius 3 is 3.36 bits per heavy atom. The van der Waals surface area contributed by atoms with E-state index in [9.17, 15) is 0 Å². The summed E-state index contributed by atoms with van der Waals surface area (Å²) >= 11 is 0. The van der Waals surface area contributed by atoms with Gasteiger partial charge in [0.05, 0.1) is 0 Å². The molecule has 2 atom stereocenters. The van der Waals surface area contributed by atoms with Crippen LogP contribution >= 0.6 is 0 Å². The van der Waals surface area contributed by atoms with Gasteiger partial charge in [-0.25, -0.2) is 0 Å². The van der Waals surface area contributed by atoms with Crippen LogP contribution < -0.4 is 10.6 Å². The zero-order valence-electron chi connectivity index (χ0n) is 7.06. The average Bonchev–Trinajstić information content (AvgIpc) is 2.50. The summed E-state index contributed by atoms with van der Waals surface area (Å²) in [4.78, 5) is 0. The second-order valence-corrected chi connectivity index (χ2v) is 3.56. The molecule has 1 fully saturated rings. The lowest BCUT2D eigenvalue weighted by molar-refractivity contribution is 0.434. The maximum absolute atomic E-state index is 3.41. The summed E-state index contributed by atoms with van der Waals surface area (Å²) in [6.45, 7) is 2.34. The fourth-order valence-electron chi connectivity index (χ4n) is 2.11. The number of rotatable bonds is 1. The molecule has 62 valence electrons. The Morgan fingerprint density at radius 2 is 2.55 bits per heavy atom. The van der Waals surface area contributed by atoms with Gasteiger partial charge >= 0.3 is 0 Å². The maximum atomic E-state index is 3.41. The highest BCUT2D eigenvalue weighted by Gasteiger charge is 2.26. The number of hydrogen-bond acceptors (Lipinski definition) is 2. The SMILES string of the molecule is CNC1CC=C2CNCC2C1. The highest BCUT2D eigenvalue weighted by atomic mass is 14.9. The Kier molecular flexibility index (Phi) is 1.96. The van der Waals surface area contributed by atoms with Crippen molar-refractivity contribution in [2.75, 3.05) is 20.1 Å². The molecule has 1 heterocycles. The van der Waals surface area contributed by atoms with E-state index < -0.39 is 0 Å². The molecule has 0 aromatic rings. The van der Waals surface area contributed by atoms with E-state index >= 15 is 0 Å². The summed E-state index contributed by atoms with van der Waals surface area (Å²) in [7, 11) is 2.06. The molecule has 0 aromatic carbocycles. The van der Waals surface area contributed by atoms with E-state index in [0.717, 1.165) is 18.5 Å². The molecule has 2 unspecified atom stereocenters. The molecule has 2 rings (SSSR count). The Labute approximate surface area is 68.1 Å². The van der Waals surface area contributed by atoms with Gasteiger partial charge in [0, 0.05) is 19.1 Å². The van der Waals surface area contributed by atoms with Gasteiger partial charge in [0.25, 0.3) is 0 Å². The topological polar surface area (TPSA) is 24.1 Å². The van der Waals surface area contributed by atoms with Crippen molar-refractivity contribution in [2.24, 2.45) is 5.92 Å². The Bertz CT molecular complexity index is 174. The monoisotopic (exact) mass is 152 g/mol. The first-order valence-electron chi connectivity index (χ1n) is 4.47. The minimum Gasteiger partial charge on any atom is -0.317 e. The molecule has 0 saturated carbocycles. The molecule has 0 radical (unpaired) electrons. The summed E-state index contributed by atoms with van der Waals surface area (Å²) in [5.74, 6) is 0.834. The van der Waals surface area contributed by atoms with Crippen LogP contribution in [0.1, 0.15) is 12.8 Å². The van der Waals surface area contributed by atoms with Crippen LogP contribution in [0.15, 0.2) is 11.6 Å². The second kappa shape index (κ2) is 2.95. The van der Waals surface area contributed by atoms with Gasteiger partial charge in [0.2, 0.25) is 0 Å². The molecular formula is C9H16N2. The van der Waals surface area contributed by atoms with Crippen LogP contribution in [0.2, 0.25) is 0 Å². The minimum absolute atomic E-state index is 0.726. The van der Waals surface area contributed by atoms with Gasteiger partial charge in [0.1, 0.15) is 0 Å². The lowest BCUT2D eigenvalue weighted by atomic mass is 9.87. The summed E-state index contributed by atoms with van der Waals surface area (Å²) < 4.78 is 0. The fraction of sp³-hybridized carbons (Fsp3) is 0.778. The lowest BCUT2D eigenvalue weighted by Crippen LogP contribution is -2.30. The summed E-state index contributed by atoms with van der Waals surface area (Å²) in [5, 5.41) is 6.76. The molecule has 2 nitrogen and oxygen atoms in total. The molecule has 0 aromatic heterocycles. The van der Waals surface area contributed by atoms with E-state index in [1.807, 2.05) is 0 Å². The van der Waals surface area contributed by atoms with Crippen molar-refractivity contribution in [1.82, 2.24) is 10.6 Å². The maximum Gasteiger partial charge on any atom is 0.0168 e. The Morgan fingerprint density at radius 1 is 1.64 bits per heavy atom. The average molecular weight is 152 g/mol. The first kappa shape index (κ1) is 7.32. The van der Waals surface area contributed by atoms with Crippen LogP contribution in [0.4, 0.5) is 0 Å². The van der Waals surface area contributed by atoms with E-state index in [0.29, 0.717) is 0 Å². The first-order chi connectivity index (χ1) is 5.40. The van der Waals surface area contributed by atoms with Crippen molar-refractivity contribution in [2.45, 2.75) is 18.9 Å². The van der Waals surface area contributed by atoms with Gasteiger partial charge in [-0.1, -0.05) is 11.6 Å². The third-order valence-corrected chi connectivity index (χ3v) is 2.89. The standard InChI is InChI=1S/C9H16N2/c1-10-9-3-2-7-5-11-6-8(7)4-9/h2,8-11H,3-6H2,1H3. The third kappa shape index (κ3) is 1.33. The van der Waals surface area contributed by atoms with Gasteiger partial charge in [-0.15, -0.1) is 0 Å². The van der Waals surface area contributed by atoms with Crippen molar-refractivity contribution in [3.63, 3.8) is 0 Å². The van der Waals surface area contributed by atoms with Gasteiger partial charge in [-0.3, -0.25) is 0 Å². The molecule has 2 heteroatoms.